The van der Waals surface area contributed by atoms with Crippen LogP contribution < -0.4 is 4.74 Å². The number of aromatic nitrogens is 2. The van der Waals surface area contributed by atoms with Crippen molar-refractivity contribution in [2.45, 2.75) is 19.6 Å². The van der Waals surface area contributed by atoms with E-state index in [1.54, 1.807) is 42.9 Å². The molecule has 0 amide bonds. The standard InChI is InChI=1S/C29H22N4O2/c1-2-35-26-5-3-4-25(15-26)27-14-23(17-31)10-11-24(27)12-13-29(34)28-18-32-20-33(28)19-22-8-6-21(16-30)7-9-22/h3-11,14-15,18,20,29,34H,2,19H2,1H3. The summed E-state index contributed by atoms with van der Waals surface area (Å²) >= 11 is 0. The molecule has 0 saturated carbocycles. The van der Waals surface area contributed by atoms with Crippen molar-refractivity contribution in [3.05, 3.63) is 107 Å². The largest absolute Gasteiger partial charge is 0.494 e. The fourth-order valence-corrected chi connectivity index (χ4v) is 3.67. The lowest BCUT2D eigenvalue weighted by atomic mass is 9.97. The van der Waals surface area contributed by atoms with Crippen molar-refractivity contribution in [3.8, 4) is 40.9 Å². The Hall–Kier alpha value is -4.83. The lowest BCUT2D eigenvalue weighted by Crippen LogP contribution is -2.07. The van der Waals surface area contributed by atoms with Crippen molar-refractivity contribution in [2.24, 2.45) is 0 Å². The third-order valence-electron chi connectivity index (χ3n) is 5.41. The Balaban J connectivity index is 1.63. The number of rotatable bonds is 6. The van der Waals surface area contributed by atoms with Crippen molar-refractivity contribution in [2.75, 3.05) is 6.61 Å². The van der Waals surface area contributed by atoms with E-state index in [1.807, 2.05) is 47.9 Å². The summed E-state index contributed by atoms with van der Waals surface area (Å²) in [6.07, 6.45) is 2.17. The maximum absolute atomic E-state index is 10.8. The lowest BCUT2D eigenvalue weighted by molar-refractivity contribution is 0.228. The van der Waals surface area contributed by atoms with Gasteiger partial charge in [0.1, 0.15) is 5.75 Å². The molecular weight excluding hydrogens is 436 g/mol. The maximum atomic E-state index is 10.8. The summed E-state index contributed by atoms with van der Waals surface area (Å²) < 4.78 is 7.45. The second-order valence-corrected chi connectivity index (χ2v) is 7.76. The fraction of sp³-hybridized carbons (Fsp3) is 0.138. The number of imidazole rings is 1. The number of aliphatic hydroxyl groups excluding tert-OH is 1. The highest BCUT2D eigenvalue weighted by atomic mass is 16.5. The molecule has 0 aliphatic heterocycles. The van der Waals surface area contributed by atoms with Gasteiger partial charge in [0.15, 0.2) is 6.10 Å². The monoisotopic (exact) mass is 458 g/mol. The van der Waals surface area contributed by atoms with Gasteiger partial charge in [-0.15, -0.1) is 0 Å². The first kappa shape index (κ1) is 23.3. The summed E-state index contributed by atoms with van der Waals surface area (Å²) in [5.41, 5.74) is 5.01. The average Bonchev–Trinajstić information content (AvgIpc) is 3.36. The fourth-order valence-electron chi connectivity index (χ4n) is 3.67. The van der Waals surface area contributed by atoms with Crippen molar-refractivity contribution < 1.29 is 9.84 Å². The maximum Gasteiger partial charge on any atom is 0.156 e. The smallest absolute Gasteiger partial charge is 0.156 e. The number of ether oxygens (including phenoxy) is 1. The van der Waals surface area contributed by atoms with E-state index in [0.717, 1.165) is 22.4 Å². The van der Waals surface area contributed by atoms with Gasteiger partial charge in [-0.25, -0.2) is 4.98 Å². The zero-order chi connectivity index (χ0) is 24.6. The first-order valence-electron chi connectivity index (χ1n) is 11.1. The van der Waals surface area contributed by atoms with Gasteiger partial charge in [-0.05, 0) is 66.1 Å². The van der Waals surface area contributed by atoms with Crippen LogP contribution in [0.2, 0.25) is 0 Å². The summed E-state index contributed by atoms with van der Waals surface area (Å²) in [6, 6.07) is 24.5. The first-order chi connectivity index (χ1) is 17.1. The molecule has 6 heteroatoms. The zero-order valence-corrected chi connectivity index (χ0v) is 19.1. The third kappa shape index (κ3) is 5.57. The van der Waals surface area contributed by atoms with E-state index >= 15 is 0 Å². The number of nitrogens with zero attached hydrogens (tertiary/aromatic N) is 4. The lowest BCUT2D eigenvalue weighted by Gasteiger charge is -2.11. The van der Waals surface area contributed by atoms with Gasteiger partial charge in [0, 0.05) is 12.1 Å². The minimum absolute atomic E-state index is 0.492. The van der Waals surface area contributed by atoms with Crippen LogP contribution in [0, 0.1) is 34.5 Å². The van der Waals surface area contributed by atoms with E-state index in [4.69, 9.17) is 10.00 Å². The molecule has 1 aromatic heterocycles. The molecule has 0 bridgehead atoms. The van der Waals surface area contributed by atoms with E-state index in [1.165, 1.54) is 0 Å². The Kier molecular flexibility index (Phi) is 7.24. The van der Waals surface area contributed by atoms with Gasteiger partial charge in [0.05, 0.1) is 48.1 Å². The number of aliphatic hydroxyl groups is 1. The Morgan fingerprint density at radius 3 is 2.51 bits per heavy atom. The highest BCUT2D eigenvalue weighted by Gasteiger charge is 2.12. The molecule has 170 valence electrons. The molecule has 0 aliphatic rings. The first-order valence-corrected chi connectivity index (χ1v) is 11.1. The van der Waals surface area contributed by atoms with Crippen LogP contribution in [0.25, 0.3) is 11.1 Å². The number of nitriles is 2. The van der Waals surface area contributed by atoms with Gasteiger partial charge in [0.25, 0.3) is 0 Å². The Bertz CT molecular complexity index is 1480. The zero-order valence-electron chi connectivity index (χ0n) is 19.1. The predicted molar refractivity (Wildman–Crippen MR) is 132 cm³/mol. The SMILES string of the molecule is CCOc1cccc(-c2cc(C#N)ccc2C#CC(O)c2cncn2Cc2ccc(C#N)cc2)c1. The van der Waals surface area contributed by atoms with Gasteiger partial charge < -0.3 is 14.4 Å². The molecule has 1 heterocycles. The summed E-state index contributed by atoms with van der Waals surface area (Å²) in [7, 11) is 0. The van der Waals surface area contributed by atoms with E-state index in [-0.39, 0.29) is 0 Å². The van der Waals surface area contributed by atoms with Crippen molar-refractivity contribution in [3.63, 3.8) is 0 Å². The van der Waals surface area contributed by atoms with Gasteiger partial charge in [-0.1, -0.05) is 36.1 Å². The van der Waals surface area contributed by atoms with Gasteiger partial charge >= 0.3 is 0 Å². The Morgan fingerprint density at radius 1 is 1.00 bits per heavy atom. The van der Waals surface area contributed by atoms with Gasteiger partial charge in [-0.3, -0.25) is 0 Å². The van der Waals surface area contributed by atoms with Crippen LogP contribution in [-0.4, -0.2) is 21.3 Å². The normalized spacial score (nSPS) is 11.0. The molecule has 4 rings (SSSR count). The van der Waals surface area contributed by atoms with Gasteiger partial charge in [-0.2, -0.15) is 10.5 Å². The predicted octanol–water partition coefficient (Wildman–Crippen LogP) is 4.83. The van der Waals surface area contributed by atoms with Crippen molar-refractivity contribution in [1.82, 2.24) is 9.55 Å². The Morgan fingerprint density at radius 2 is 1.77 bits per heavy atom. The van der Waals surface area contributed by atoms with E-state index in [9.17, 15) is 10.4 Å². The average molecular weight is 459 g/mol. The van der Waals surface area contributed by atoms with Crippen molar-refractivity contribution in [1.29, 1.82) is 10.5 Å². The Labute approximate surface area is 204 Å². The van der Waals surface area contributed by atoms with E-state index < -0.39 is 6.10 Å². The molecular formula is C29H22N4O2. The van der Waals surface area contributed by atoms with Gasteiger partial charge in [0.2, 0.25) is 0 Å². The summed E-state index contributed by atoms with van der Waals surface area (Å²) in [5, 5.41) is 29.2. The van der Waals surface area contributed by atoms with Crippen LogP contribution in [0.1, 0.15) is 41.0 Å². The van der Waals surface area contributed by atoms with Crippen molar-refractivity contribution >= 4 is 0 Å². The molecule has 0 saturated heterocycles. The van der Waals surface area contributed by atoms with Crippen LogP contribution in [0.5, 0.6) is 5.75 Å². The van der Waals surface area contributed by atoms with Crippen LogP contribution >= 0.6 is 0 Å². The highest BCUT2D eigenvalue weighted by molar-refractivity contribution is 5.73. The number of hydrogen-bond donors (Lipinski definition) is 1. The summed E-state index contributed by atoms with van der Waals surface area (Å²) in [6.45, 7) is 2.97. The third-order valence-corrected chi connectivity index (χ3v) is 5.41. The highest BCUT2D eigenvalue weighted by Crippen LogP contribution is 2.28. The van der Waals surface area contributed by atoms with E-state index in [0.29, 0.717) is 35.5 Å². The number of benzene rings is 3. The molecule has 0 spiro atoms. The molecule has 0 fully saturated rings. The van der Waals surface area contributed by atoms with Crippen LogP contribution in [0.3, 0.4) is 0 Å². The minimum atomic E-state index is -1.06. The molecule has 6 nitrogen and oxygen atoms in total. The molecule has 1 unspecified atom stereocenters. The molecule has 0 radical (unpaired) electrons. The van der Waals surface area contributed by atoms with Crippen LogP contribution in [-0.2, 0) is 6.54 Å². The molecule has 0 aliphatic carbocycles. The second kappa shape index (κ2) is 10.9. The summed E-state index contributed by atoms with van der Waals surface area (Å²) in [4.78, 5) is 4.18. The molecule has 3 aromatic carbocycles. The van der Waals surface area contributed by atoms with Crippen LogP contribution in [0.4, 0.5) is 0 Å². The molecule has 1 atom stereocenters. The topological polar surface area (TPSA) is 94.9 Å². The molecule has 4 aromatic rings. The minimum Gasteiger partial charge on any atom is -0.494 e. The quantitative estimate of drug-likeness (QED) is 0.418. The molecule has 1 N–H and O–H groups in total. The van der Waals surface area contributed by atoms with Crippen LogP contribution in [0.15, 0.2) is 79.3 Å². The number of hydrogen-bond acceptors (Lipinski definition) is 5. The van der Waals surface area contributed by atoms with E-state index in [2.05, 4.69) is 29.0 Å². The summed E-state index contributed by atoms with van der Waals surface area (Å²) in [5.74, 6) is 6.74. The second-order valence-electron chi connectivity index (χ2n) is 7.76. The molecule has 35 heavy (non-hydrogen) atoms.